The van der Waals surface area contributed by atoms with E-state index in [2.05, 4.69) is 0 Å². The number of pyridine rings is 1. The summed E-state index contributed by atoms with van der Waals surface area (Å²) in [7, 11) is -4.24. The zero-order chi connectivity index (χ0) is 22.9. The second-order valence-corrected chi connectivity index (χ2v) is 9.11. The van der Waals surface area contributed by atoms with Crippen LogP contribution in [-0.2, 0) is 16.6 Å². The number of hydrogen-bond donors (Lipinski definition) is 0. The Morgan fingerprint density at radius 1 is 1.00 bits per heavy atom. The first-order chi connectivity index (χ1) is 15.3. The summed E-state index contributed by atoms with van der Waals surface area (Å²) in [6.45, 7) is 0.137. The highest BCUT2D eigenvalue weighted by atomic mass is 32.2. The van der Waals surface area contributed by atoms with E-state index in [1.165, 1.54) is 21.6 Å². The molecule has 0 N–H and O–H groups in total. The topological polar surface area (TPSA) is 92.8 Å². The van der Waals surface area contributed by atoms with Crippen LogP contribution in [0.4, 0.5) is 8.78 Å². The molecule has 1 amide bonds. The fourth-order valence-corrected chi connectivity index (χ4v) is 4.94. The fraction of sp³-hybridized carbons (Fsp3) is 0.238. The molecule has 1 aliphatic rings. The molecule has 3 heterocycles. The maximum atomic E-state index is 14.0. The van der Waals surface area contributed by atoms with E-state index in [-0.39, 0.29) is 44.0 Å². The Balaban J connectivity index is 1.42. The summed E-state index contributed by atoms with van der Waals surface area (Å²) in [5, 5.41) is 0. The van der Waals surface area contributed by atoms with E-state index in [9.17, 15) is 26.8 Å². The molecule has 2 aromatic heterocycles. The molecule has 1 aliphatic heterocycles. The van der Waals surface area contributed by atoms with Crippen molar-refractivity contribution in [2.45, 2.75) is 11.4 Å². The van der Waals surface area contributed by atoms with Crippen LogP contribution in [-0.4, -0.2) is 54.3 Å². The molecule has 168 valence electrons. The lowest BCUT2D eigenvalue weighted by Gasteiger charge is -2.33. The lowest BCUT2D eigenvalue weighted by Crippen LogP contribution is -2.50. The summed E-state index contributed by atoms with van der Waals surface area (Å²) in [4.78, 5) is 25.2. The van der Waals surface area contributed by atoms with Gasteiger partial charge in [-0.15, -0.1) is 0 Å². The highest BCUT2D eigenvalue weighted by Crippen LogP contribution is 2.22. The molecule has 1 fully saturated rings. The number of carbonyl (C=O) groups is 1. The molecule has 0 atom stereocenters. The van der Waals surface area contributed by atoms with Crippen LogP contribution in [0, 0.1) is 11.6 Å². The van der Waals surface area contributed by atoms with Gasteiger partial charge in [0.1, 0.15) is 22.3 Å². The van der Waals surface area contributed by atoms with Crippen molar-refractivity contribution in [3.8, 4) is 0 Å². The average Bonchev–Trinajstić information content (AvgIpc) is 3.25. The highest BCUT2D eigenvalue weighted by Gasteiger charge is 2.33. The second-order valence-electron chi connectivity index (χ2n) is 7.20. The SMILES string of the molecule is O=C(c1ccc(Cn2ccccc2=O)o1)N1CCN(S(=O)(=O)c2cc(F)ccc2F)CC1. The molecule has 0 aliphatic carbocycles. The number of furan rings is 1. The number of amides is 1. The van der Waals surface area contributed by atoms with Crippen LogP contribution in [0.15, 0.2) is 68.8 Å². The largest absolute Gasteiger partial charge is 0.454 e. The number of rotatable bonds is 5. The van der Waals surface area contributed by atoms with Crippen molar-refractivity contribution in [3.63, 3.8) is 0 Å². The molecule has 4 rings (SSSR count). The van der Waals surface area contributed by atoms with E-state index in [0.717, 1.165) is 16.4 Å². The summed E-state index contributed by atoms with van der Waals surface area (Å²) in [6, 6.07) is 10.1. The summed E-state index contributed by atoms with van der Waals surface area (Å²) in [5.41, 5.74) is -0.205. The number of nitrogens with zero attached hydrogens (tertiary/aromatic N) is 3. The Labute approximate surface area is 182 Å². The number of aromatic nitrogens is 1. The van der Waals surface area contributed by atoms with Gasteiger partial charge in [-0.05, 0) is 36.4 Å². The Bertz CT molecular complexity index is 1310. The number of piperazine rings is 1. The van der Waals surface area contributed by atoms with Crippen molar-refractivity contribution in [3.05, 3.63) is 88.2 Å². The van der Waals surface area contributed by atoms with Crippen molar-refractivity contribution in [2.75, 3.05) is 26.2 Å². The van der Waals surface area contributed by atoms with Gasteiger partial charge < -0.3 is 13.9 Å². The van der Waals surface area contributed by atoms with Crippen LogP contribution in [0.5, 0.6) is 0 Å². The van der Waals surface area contributed by atoms with Gasteiger partial charge in [0.2, 0.25) is 10.0 Å². The third-order valence-corrected chi connectivity index (χ3v) is 7.05. The molecule has 0 saturated carbocycles. The number of halogens is 2. The Morgan fingerprint density at radius 3 is 2.47 bits per heavy atom. The van der Waals surface area contributed by atoms with Gasteiger partial charge in [0, 0.05) is 38.4 Å². The minimum atomic E-state index is -4.24. The monoisotopic (exact) mass is 463 g/mol. The lowest BCUT2D eigenvalue weighted by molar-refractivity contribution is 0.0663. The van der Waals surface area contributed by atoms with Crippen molar-refractivity contribution in [2.24, 2.45) is 0 Å². The van der Waals surface area contributed by atoms with Crippen LogP contribution >= 0.6 is 0 Å². The van der Waals surface area contributed by atoms with E-state index >= 15 is 0 Å². The lowest BCUT2D eigenvalue weighted by atomic mass is 10.3. The predicted molar refractivity (Wildman–Crippen MR) is 110 cm³/mol. The Kier molecular flexibility index (Phi) is 5.94. The number of carbonyl (C=O) groups excluding carboxylic acids is 1. The summed E-state index contributed by atoms with van der Waals surface area (Å²) >= 11 is 0. The van der Waals surface area contributed by atoms with Gasteiger partial charge in [-0.2, -0.15) is 4.31 Å². The maximum Gasteiger partial charge on any atom is 0.289 e. The molecule has 11 heteroatoms. The summed E-state index contributed by atoms with van der Waals surface area (Å²) < 4.78 is 60.8. The fourth-order valence-electron chi connectivity index (χ4n) is 3.44. The van der Waals surface area contributed by atoms with Crippen LogP contribution in [0.25, 0.3) is 0 Å². The smallest absolute Gasteiger partial charge is 0.289 e. The molecule has 8 nitrogen and oxygen atoms in total. The predicted octanol–water partition coefficient (Wildman–Crippen LogP) is 1.91. The molecule has 0 radical (unpaired) electrons. The second kappa shape index (κ2) is 8.67. The molecule has 0 bridgehead atoms. The third kappa shape index (κ3) is 4.34. The van der Waals surface area contributed by atoms with Crippen LogP contribution < -0.4 is 5.56 Å². The van der Waals surface area contributed by atoms with E-state index in [0.29, 0.717) is 11.8 Å². The molecule has 1 aromatic carbocycles. The third-order valence-electron chi connectivity index (χ3n) is 5.13. The van der Waals surface area contributed by atoms with Crippen molar-refractivity contribution in [1.82, 2.24) is 13.8 Å². The van der Waals surface area contributed by atoms with Gasteiger partial charge in [-0.3, -0.25) is 9.59 Å². The molecule has 3 aromatic rings. The zero-order valence-corrected chi connectivity index (χ0v) is 17.6. The maximum absolute atomic E-state index is 14.0. The minimum Gasteiger partial charge on any atom is -0.454 e. The van der Waals surface area contributed by atoms with Crippen molar-refractivity contribution >= 4 is 15.9 Å². The van der Waals surface area contributed by atoms with Gasteiger partial charge in [0.15, 0.2) is 5.76 Å². The van der Waals surface area contributed by atoms with Crippen LogP contribution in [0.3, 0.4) is 0 Å². The Morgan fingerprint density at radius 2 is 1.75 bits per heavy atom. The molecule has 32 heavy (non-hydrogen) atoms. The minimum absolute atomic E-state index is 0.0587. The highest BCUT2D eigenvalue weighted by molar-refractivity contribution is 7.89. The average molecular weight is 463 g/mol. The van der Waals surface area contributed by atoms with Gasteiger partial charge >= 0.3 is 0 Å². The van der Waals surface area contributed by atoms with E-state index in [1.807, 2.05) is 0 Å². The van der Waals surface area contributed by atoms with Gasteiger partial charge in [0.25, 0.3) is 11.5 Å². The normalized spacial score (nSPS) is 15.1. The van der Waals surface area contributed by atoms with Crippen LogP contribution in [0.1, 0.15) is 16.3 Å². The van der Waals surface area contributed by atoms with Crippen LogP contribution in [0.2, 0.25) is 0 Å². The quantitative estimate of drug-likeness (QED) is 0.577. The number of hydrogen-bond acceptors (Lipinski definition) is 5. The van der Waals surface area contributed by atoms with E-state index in [4.69, 9.17) is 4.42 Å². The van der Waals surface area contributed by atoms with Crippen molar-refractivity contribution < 1.29 is 26.4 Å². The summed E-state index contributed by atoms with van der Waals surface area (Å²) in [5.74, 6) is -1.83. The zero-order valence-electron chi connectivity index (χ0n) is 16.8. The molecular weight excluding hydrogens is 444 g/mol. The first-order valence-corrected chi connectivity index (χ1v) is 11.2. The van der Waals surface area contributed by atoms with Gasteiger partial charge in [-0.1, -0.05) is 6.07 Å². The first kappa shape index (κ1) is 21.9. The molecule has 0 unspecified atom stereocenters. The van der Waals surface area contributed by atoms with Gasteiger partial charge in [0.05, 0.1) is 6.54 Å². The molecule has 1 saturated heterocycles. The van der Waals surface area contributed by atoms with E-state index in [1.54, 1.807) is 24.4 Å². The molecule has 0 spiro atoms. The standard InChI is InChI=1S/C21H19F2N3O5S/c22-15-4-6-17(23)19(13-15)32(29,30)26-11-9-24(10-12-26)21(28)18-7-5-16(31-18)14-25-8-2-1-3-20(25)27/h1-8,13H,9-12,14H2. The number of sulfonamides is 1. The summed E-state index contributed by atoms with van der Waals surface area (Å²) in [6.07, 6.45) is 1.60. The van der Waals surface area contributed by atoms with E-state index < -0.39 is 32.5 Å². The van der Waals surface area contributed by atoms with Gasteiger partial charge in [-0.25, -0.2) is 17.2 Å². The van der Waals surface area contributed by atoms with Crippen molar-refractivity contribution in [1.29, 1.82) is 0 Å². The molecular formula is C21H19F2N3O5S. The Hall–Kier alpha value is -3.31. The number of benzene rings is 1. The first-order valence-electron chi connectivity index (χ1n) is 9.74.